The van der Waals surface area contributed by atoms with Crippen molar-refractivity contribution >= 4 is 21.7 Å². The lowest BCUT2D eigenvalue weighted by Crippen LogP contribution is -2.10. The molecule has 0 spiro atoms. The zero-order valence-corrected chi connectivity index (χ0v) is 9.60. The molecule has 0 radical (unpaired) electrons. The molecule has 1 rings (SSSR count). The lowest BCUT2D eigenvalue weighted by molar-refractivity contribution is -0.138. The quantitative estimate of drug-likeness (QED) is 0.931. The van der Waals surface area contributed by atoms with Crippen molar-refractivity contribution in [2.45, 2.75) is 12.6 Å². The highest BCUT2D eigenvalue weighted by Gasteiger charge is 2.33. The van der Waals surface area contributed by atoms with Crippen molar-refractivity contribution in [1.29, 1.82) is 0 Å². The Kier molecular flexibility index (Phi) is 4.09. The molecule has 1 aromatic rings. The molecule has 0 saturated heterocycles. The average molecular weight is 297 g/mol. The number of rotatable bonds is 3. The van der Waals surface area contributed by atoms with E-state index in [-0.39, 0.29) is 16.5 Å². The van der Waals surface area contributed by atoms with Crippen molar-refractivity contribution in [3.05, 3.63) is 33.8 Å². The van der Waals surface area contributed by atoms with Gasteiger partial charge in [-0.2, -0.15) is 13.2 Å². The van der Waals surface area contributed by atoms with Crippen LogP contribution < -0.4 is 0 Å². The number of Topliss-reactive ketones (excluding diaryl/α,β-unsaturated/α-hetero) is 1. The van der Waals surface area contributed by atoms with Gasteiger partial charge in [0, 0.05) is 10.9 Å². The topological polar surface area (TPSA) is 37.3 Å². The van der Waals surface area contributed by atoms with E-state index in [0.29, 0.717) is 0 Å². The minimum atomic E-state index is -4.46. The zero-order valence-electron chi connectivity index (χ0n) is 8.01. The number of halogens is 4. The monoisotopic (exact) mass is 296 g/mol. The predicted octanol–water partition coefficient (Wildman–Crippen LogP) is 2.57. The molecule has 0 bridgehead atoms. The van der Waals surface area contributed by atoms with E-state index in [2.05, 4.69) is 15.9 Å². The predicted molar refractivity (Wildman–Crippen MR) is 54.9 cm³/mol. The first-order valence-electron chi connectivity index (χ1n) is 4.32. The molecule has 88 valence electrons. The van der Waals surface area contributed by atoms with Crippen LogP contribution in [0.25, 0.3) is 0 Å². The van der Waals surface area contributed by atoms with Gasteiger partial charge in [0.15, 0.2) is 5.78 Å². The van der Waals surface area contributed by atoms with Gasteiger partial charge in [0.05, 0.1) is 5.56 Å². The average Bonchev–Trinajstić information content (AvgIpc) is 2.19. The third-order valence-corrected chi connectivity index (χ3v) is 2.61. The molecular weight excluding hydrogens is 289 g/mol. The summed E-state index contributed by atoms with van der Waals surface area (Å²) >= 11 is 2.80. The Morgan fingerprint density at radius 2 is 2.00 bits per heavy atom. The van der Waals surface area contributed by atoms with Crippen LogP contribution in [0.2, 0.25) is 0 Å². The lowest BCUT2D eigenvalue weighted by Gasteiger charge is -2.10. The number of aliphatic hydroxyl groups is 1. The van der Waals surface area contributed by atoms with E-state index in [4.69, 9.17) is 5.11 Å². The highest BCUT2D eigenvalue weighted by atomic mass is 79.9. The van der Waals surface area contributed by atoms with Crippen LogP contribution in [-0.4, -0.2) is 17.5 Å². The van der Waals surface area contributed by atoms with Gasteiger partial charge in [0.1, 0.15) is 6.61 Å². The van der Waals surface area contributed by atoms with E-state index >= 15 is 0 Å². The van der Waals surface area contributed by atoms with Crippen molar-refractivity contribution in [1.82, 2.24) is 0 Å². The second kappa shape index (κ2) is 4.97. The second-order valence-electron chi connectivity index (χ2n) is 3.19. The van der Waals surface area contributed by atoms with Crippen LogP contribution >= 0.6 is 15.9 Å². The summed E-state index contributed by atoms with van der Waals surface area (Å²) in [6, 6.07) is 3.55. The maximum Gasteiger partial charge on any atom is 0.417 e. The molecule has 2 nitrogen and oxygen atoms in total. The highest BCUT2D eigenvalue weighted by Crippen LogP contribution is 2.35. The van der Waals surface area contributed by atoms with Gasteiger partial charge in [-0.3, -0.25) is 4.79 Å². The van der Waals surface area contributed by atoms with Crippen molar-refractivity contribution in [3.8, 4) is 0 Å². The molecule has 0 saturated carbocycles. The Morgan fingerprint density at radius 3 is 2.50 bits per heavy atom. The molecule has 0 aliphatic carbocycles. The molecule has 0 atom stereocenters. The summed E-state index contributed by atoms with van der Waals surface area (Å²) < 4.78 is 37.4. The number of hydrogen-bond donors (Lipinski definition) is 1. The summed E-state index contributed by atoms with van der Waals surface area (Å²) in [6.07, 6.45) is -4.66. The van der Waals surface area contributed by atoms with E-state index in [1.54, 1.807) is 0 Å². The number of carbonyl (C=O) groups excluding carboxylic acids is 1. The number of carbonyl (C=O) groups is 1. The normalized spacial score (nSPS) is 11.6. The maximum atomic E-state index is 12.5. The highest BCUT2D eigenvalue weighted by molar-refractivity contribution is 9.10. The Balaban J connectivity index is 3.03. The summed E-state index contributed by atoms with van der Waals surface area (Å²) in [5, 5.41) is 8.50. The minimum Gasteiger partial charge on any atom is -0.389 e. The van der Waals surface area contributed by atoms with Gasteiger partial charge < -0.3 is 5.11 Å². The van der Waals surface area contributed by atoms with Crippen LogP contribution in [0.1, 0.15) is 11.1 Å². The first kappa shape index (κ1) is 13.2. The summed E-state index contributed by atoms with van der Waals surface area (Å²) in [6.45, 7) is -0.669. The van der Waals surface area contributed by atoms with E-state index < -0.39 is 24.1 Å². The number of hydrogen-bond acceptors (Lipinski definition) is 2. The number of aliphatic hydroxyl groups excluding tert-OH is 1. The van der Waals surface area contributed by atoms with Crippen LogP contribution in [0.15, 0.2) is 22.7 Å². The molecule has 1 N–H and O–H groups in total. The summed E-state index contributed by atoms with van der Waals surface area (Å²) in [4.78, 5) is 10.9. The van der Waals surface area contributed by atoms with Crippen LogP contribution in [0.4, 0.5) is 13.2 Å². The second-order valence-corrected chi connectivity index (χ2v) is 4.04. The van der Waals surface area contributed by atoms with Crippen LogP contribution in [0, 0.1) is 0 Å². The third kappa shape index (κ3) is 3.31. The van der Waals surface area contributed by atoms with Gasteiger partial charge in [-0.1, -0.05) is 22.0 Å². The summed E-state index contributed by atoms with van der Waals surface area (Å²) in [5.74, 6) is -0.518. The first-order chi connectivity index (χ1) is 7.34. The van der Waals surface area contributed by atoms with E-state index in [0.717, 1.165) is 6.07 Å². The third-order valence-electron chi connectivity index (χ3n) is 1.91. The van der Waals surface area contributed by atoms with Crippen molar-refractivity contribution < 1.29 is 23.1 Å². The fourth-order valence-corrected chi connectivity index (χ4v) is 1.65. The van der Waals surface area contributed by atoms with Gasteiger partial charge in [-0.25, -0.2) is 0 Å². The first-order valence-corrected chi connectivity index (χ1v) is 5.12. The Labute approximate surface area is 98.2 Å². The van der Waals surface area contributed by atoms with Gasteiger partial charge in [-0.15, -0.1) is 0 Å². The van der Waals surface area contributed by atoms with Crippen LogP contribution in [-0.2, 0) is 17.4 Å². The van der Waals surface area contributed by atoms with Crippen molar-refractivity contribution in [2.24, 2.45) is 0 Å². The Morgan fingerprint density at radius 1 is 1.38 bits per heavy atom. The molecule has 0 aromatic heterocycles. The minimum absolute atomic E-state index is 0.0693. The van der Waals surface area contributed by atoms with Crippen LogP contribution in [0.3, 0.4) is 0 Å². The SMILES string of the molecule is O=C(CO)Cc1ccc(Br)c(C(F)(F)F)c1. The molecule has 0 fully saturated rings. The molecule has 0 unspecified atom stereocenters. The van der Waals surface area contributed by atoms with E-state index in [9.17, 15) is 18.0 Å². The van der Waals surface area contributed by atoms with Gasteiger partial charge >= 0.3 is 6.18 Å². The summed E-state index contributed by atoms with van der Waals surface area (Å²) in [5.41, 5.74) is -0.592. The van der Waals surface area contributed by atoms with Crippen molar-refractivity contribution in [2.75, 3.05) is 6.61 Å². The molecule has 16 heavy (non-hydrogen) atoms. The molecule has 0 amide bonds. The molecule has 1 aromatic carbocycles. The van der Waals surface area contributed by atoms with Gasteiger partial charge in [0.25, 0.3) is 0 Å². The van der Waals surface area contributed by atoms with Crippen LogP contribution in [0.5, 0.6) is 0 Å². The van der Waals surface area contributed by atoms with Crippen molar-refractivity contribution in [3.63, 3.8) is 0 Å². The Bertz CT molecular complexity index is 402. The van der Waals surface area contributed by atoms with E-state index in [1.165, 1.54) is 12.1 Å². The zero-order chi connectivity index (χ0) is 12.3. The lowest BCUT2D eigenvalue weighted by atomic mass is 10.1. The largest absolute Gasteiger partial charge is 0.417 e. The Hall–Kier alpha value is -0.880. The number of ketones is 1. The summed E-state index contributed by atoms with van der Waals surface area (Å²) in [7, 11) is 0. The molecule has 0 aliphatic heterocycles. The molecule has 0 heterocycles. The molecule has 6 heteroatoms. The fraction of sp³-hybridized carbons (Fsp3) is 0.300. The number of benzene rings is 1. The molecule has 0 aliphatic rings. The van der Waals surface area contributed by atoms with Gasteiger partial charge in [-0.05, 0) is 17.7 Å². The molecular formula is C10H8BrF3O2. The standard InChI is InChI=1S/C10H8BrF3O2/c11-9-2-1-6(3-7(16)5-15)4-8(9)10(12,13)14/h1-2,4,15H,3,5H2. The number of alkyl halides is 3. The van der Waals surface area contributed by atoms with E-state index in [1.807, 2.05) is 0 Å². The maximum absolute atomic E-state index is 12.5. The fourth-order valence-electron chi connectivity index (χ4n) is 1.18. The smallest absolute Gasteiger partial charge is 0.389 e. The van der Waals surface area contributed by atoms with Gasteiger partial charge in [0.2, 0.25) is 0 Å².